The van der Waals surface area contributed by atoms with Crippen molar-refractivity contribution in [2.24, 2.45) is 4.99 Å². The number of benzene rings is 1. The minimum absolute atomic E-state index is 0.498. The van der Waals surface area contributed by atoms with E-state index in [4.69, 9.17) is 11.6 Å². The van der Waals surface area contributed by atoms with Gasteiger partial charge in [-0.05, 0) is 43.5 Å². The van der Waals surface area contributed by atoms with E-state index >= 15 is 0 Å². The molecule has 122 valence electrons. The number of hydrogen-bond donors (Lipinski definition) is 2. The molecule has 0 atom stereocenters. The van der Waals surface area contributed by atoms with Gasteiger partial charge in [0.25, 0.3) is 0 Å². The van der Waals surface area contributed by atoms with Gasteiger partial charge in [-0.1, -0.05) is 41.4 Å². The Kier molecular flexibility index (Phi) is 6.41. The molecule has 2 rings (SSSR count). The maximum Gasteiger partial charge on any atom is 0.191 e. The Bertz CT molecular complexity index is 665. The SMILES string of the molecule is CCNC(=NCc1ccc(Cl)nc1)NCc1ccc(C)cc1C. The summed E-state index contributed by atoms with van der Waals surface area (Å²) in [5, 5.41) is 7.13. The average Bonchev–Trinajstić information content (AvgIpc) is 2.53. The molecule has 0 aliphatic heterocycles. The number of aliphatic imine (C=N–C) groups is 1. The summed E-state index contributed by atoms with van der Waals surface area (Å²) in [6, 6.07) is 10.2. The number of nitrogens with zero attached hydrogens (tertiary/aromatic N) is 2. The number of guanidine groups is 1. The van der Waals surface area contributed by atoms with Crippen molar-refractivity contribution in [2.75, 3.05) is 6.54 Å². The second kappa shape index (κ2) is 8.53. The van der Waals surface area contributed by atoms with Crippen LogP contribution >= 0.6 is 11.6 Å². The van der Waals surface area contributed by atoms with Gasteiger partial charge in [-0.25, -0.2) is 9.98 Å². The zero-order chi connectivity index (χ0) is 16.7. The largest absolute Gasteiger partial charge is 0.357 e. The molecule has 0 aliphatic rings. The van der Waals surface area contributed by atoms with Gasteiger partial charge in [0.15, 0.2) is 5.96 Å². The lowest BCUT2D eigenvalue weighted by atomic mass is 10.1. The Morgan fingerprint density at radius 1 is 1.17 bits per heavy atom. The van der Waals surface area contributed by atoms with Crippen LogP contribution in [0.1, 0.15) is 29.2 Å². The predicted molar refractivity (Wildman–Crippen MR) is 96.8 cm³/mol. The van der Waals surface area contributed by atoms with Crippen LogP contribution in [0, 0.1) is 13.8 Å². The van der Waals surface area contributed by atoms with Gasteiger partial charge in [-0.2, -0.15) is 0 Å². The van der Waals surface area contributed by atoms with Crippen molar-refractivity contribution in [3.63, 3.8) is 0 Å². The molecule has 0 aliphatic carbocycles. The van der Waals surface area contributed by atoms with Crippen molar-refractivity contribution in [1.29, 1.82) is 0 Å². The lowest BCUT2D eigenvalue weighted by Gasteiger charge is -2.13. The van der Waals surface area contributed by atoms with Crippen LogP contribution in [0.15, 0.2) is 41.5 Å². The number of aryl methyl sites for hydroxylation is 2. The van der Waals surface area contributed by atoms with Gasteiger partial charge >= 0.3 is 0 Å². The lowest BCUT2D eigenvalue weighted by molar-refractivity contribution is 0.812. The van der Waals surface area contributed by atoms with Crippen molar-refractivity contribution in [1.82, 2.24) is 15.6 Å². The Labute approximate surface area is 143 Å². The minimum atomic E-state index is 0.498. The Balaban J connectivity index is 1.99. The van der Waals surface area contributed by atoms with Gasteiger partial charge < -0.3 is 10.6 Å². The summed E-state index contributed by atoms with van der Waals surface area (Å²) in [5.74, 6) is 0.794. The highest BCUT2D eigenvalue weighted by molar-refractivity contribution is 6.29. The Morgan fingerprint density at radius 2 is 2.00 bits per heavy atom. The van der Waals surface area contributed by atoms with Crippen LogP contribution < -0.4 is 10.6 Å². The third-order valence-electron chi connectivity index (χ3n) is 3.50. The molecule has 5 heteroatoms. The Morgan fingerprint density at radius 3 is 2.65 bits per heavy atom. The number of rotatable bonds is 5. The summed E-state index contributed by atoms with van der Waals surface area (Å²) in [6.45, 7) is 8.42. The van der Waals surface area contributed by atoms with E-state index in [9.17, 15) is 0 Å². The first-order valence-corrected chi connectivity index (χ1v) is 8.15. The molecule has 0 saturated carbocycles. The van der Waals surface area contributed by atoms with Crippen molar-refractivity contribution >= 4 is 17.6 Å². The highest BCUT2D eigenvalue weighted by Crippen LogP contribution is 2.10. The fraction of sp³-hybridized carbons (Fsp3) is 0.333. The lowest BCUT2D eigenvalue weighted by Crippen LogP contribution is -2.36. The normalized spacial score (nSPS) is 11.4. The second-order valence-electron chi connectivity index (χ2n) is 5.47. The molecule has 0 bridgehead atoms. The highest BCUT2D eigenvalue weighted by Gasteiger charge is 2.02. The molecular formula is C18H23ClN4. The quantitative estimate of drug-likeness (QED) is 0.500. The molecule has 0 amide bonds. The first-order valence-electron chi connectivity index (χ1n) is 7.77. The number of pyridine rings is 1. The summed E-state index contributed by atoms with van der Waals surface area (Å²) < 4.78 is 0. The molecule has 4 nitrogen and oxygen atoms in total. The summed E-state index contributed by atoms with van der Waals surface area (Å²) in [7, 11) is 0. The standard InChI is InChI=1S/C18H23ClN4/c1-4-20-18(22-11-15-6-8-17(19)21-10-15)23-12-16-7-5-13(2)9-14(16)3/h5-10H,4,11-12H2,1-3H3,(H2,20,22,23). The van der Waals surface area contributed by atoms with Crippen LogP contribution in [0.2, 0.25) is 5.15 Å². The first-order chi connectivity index (χ1) is 11.1. The van der Waals surface area contributed by atoms with Crippen molar-refractivity contribution in [3.05, 3.63) is 63.9 Å². The zero-order valence-electron chi connectivity index (χ0n) is 13.9. The van der Waals surface area contributed by atoms with Crippen molar-refractivity contribution < 1.29 is 0 Å². The molecule has 1 aromatic heterocycles. The van der Waals surface area contributed by atoms with Gasteiger partial charge in [-0.15, -0.1) is 0 Å². The smallest absolute Gasteiger partial charge is 0.191 e. The average molecular weight is 331 g/mol. The van der Waals surface area contributed by atoms with E-state index in [1.165, 1.54) is 16.7 Å². The monoisotopic (exact) mass is 330 g/mol. The first kappa shape index (κ1) is 17.3. The van der Waals surface area contributed by atoms with E-state index in [0.29, 0.717) is 11.7 Å². The number of nitrogens with one attached hydrogen (secondary N) is 2. The van der Waals surface area contributed by atoms with Crippen LogP contribution in [0.25, 0.3) is 0 Å². The van der Waals surface area contributed by atoms with Crippen LogP contribution in [0.5, 0.6) is 0 Å². The van der Waals surface area contributed by atoms with E-state index in [1.54, 1.807) is 12.3 Å². The van der Waals surface area contributed by atoms with E-state index in [2.05, 4.69) is 59.6 Å². The van der Waals surface area contributed by atoms with Crippen LogP contribution in [0.3, 0.4) is 0 Å². The summed E-state index contributed by atoms with van der Waals surface area (Å²) in [5.41, 5.74) is 4.87. The second-order valence-corrected chi connectivity index (χ2v) is 5.86. The fourth-order valence-electron chi connectivity index (χ4n) is 2.24. The molecule has 1 heterocycles. The molecule has 0 radical (unpaired) electrons. The zero-order valence-corrected chi connectivity index (χ0v) is 14.6. The summed E-state index contributed by atoms with van der Waals surface area (Å²) in [4.78, 5) is 8.66. The molecule has 23 heavy (non-hydrogen) atoms. The minimum Gasteiger partial charge on any atom is -0.357 e. The van der Waals surface area contributed by atoms with Crippen LogP contribution in [-0.4, -0.2) is 17.5 Å². The third-order valence-corrected chi connectivity index (χ3v) is 3.72. The van der Waals surface area contributed by atoms with Crippen LogP contribution in [0.4, 0.5) is 0 Å². The van der Waals surface area contributed by atoms with E-state index in [0.717, 1.165) is 24.6 Å². The molecule has 1 aromatic carbocycles. The summed E-state index contributed by atoms with van der Waals surface area (Å²) in [6.07, 6.45) is 1.75. The molecule has 0 fully saturated rings. The summed E-state index contributed by atoms with van der Waals surface area (Å²) >= 11 is 5.80. The maximum absolute atomic E-state index is 5.80. The van der Waals surface area contributed by atoms with Crippen molar-refractivity contribution in [3.8, 4) is 0 Å². The van der Waals surface area contributed by atoms with Gasteiger partial charge in [-0.3, -0.25) is 0 Å². The fourth-order valence-corrected chi connectivity index (χ4v) is 2.35. The van der Waals surface area contributed by atoms with E-state index < -0.39 is 0 Å². The van der Waals surface area contributed by atoms with Crippen molar-refractivity contribution in [2.45, 2.75) is 33.9 Å². The van der Waals surface area contributed by atoms with Gasteiger partial charge in [0, 0.05) is 19.3 Å². The Hall–Kier alpha value is -2.07. The topological polar surface area (TPSA) is 49.3 Å². The van der Waals surface area contributed by atoms with Gasteiger partial charge in [0.1, 0.15) is 5.15 Å². The molecule has 0 unspecified atom stereocenters. The van der Waals surface area contributed by atoms with E-state index in [1.807, 2.05) is 6.07 Å². The molecule has 2 aromatic rings. The molecular weight excluding hydrogens is 308 g/mol. The number of hydrogen-bond acceptors (Lipinski definition) is 2. The number of halogens is 1. The predicted octanol–water partition coefficient (Wildman–Crippen LogP) is 3.61. The van der Waals surface area contributed by atoms with E-state index in [-0.39, 0.29) is 0 Å². The molecule has 2 N–H and O–H groups in total. The number of aromatic nitrogens is 1. The molecule has 0 spiro atoms. The molecule has 0 saturated heterocycles. The maximum atomic E-state index is 5.80. The highest BCUT2D eigenvalue weighted by atomic mass is 35.5. The van der Waals surface area contributed by atoms with Gasteiger partial charge in [0.2, 0.25) is 0 Å². The third kappa shape index (κ3) is 5.57. The van der Waals surface area contributed by atoms with Gasteiger partial charge in [0.05, 0.1) is 6.54 Å². The van der Waals surface area contributed by atoms with Crippen LogP contribution in [-0.2, 0) is 13.1 Å².